The van der Waals surface area contributed by atoms with Gasteiger partial charge in [0.2, 0.25) is 0 Å². The second-order valence-corrected chi connectivity index (χ2v) is 5.39. The van der Waals surface area contributed by atoms with E-state index in [9.17, 15) is 4.39 Å². The number of halogens is 1. The quantitative estimate of drug-likeness (QED) is 0.457. The molecular weight excluding hydrogens is 291 g/mol. The summed E-state index contributed by atoms with van der Waals surface area (Å²) in [4.78, 5) is 0. The van der Waals surface area contributed by atoms with Gasteiger partial charge < -0.3 is 23.7 Å². The molecule has 0 spiro atoms. The Morgan fingerprint density at radius 1 is 0.818 bits per heavy atom. The van der Waals surface area contributed by atoms with Crippen molar-refractivity contribution < 1.29 is 28.1 Å². The maximum absolute atomic E-state index is 11.8. The first kappa shape index (κ1) is 17.8. The van der Waals surface area contributed by atoms with E-state index in [2.05, 4.69) is 12.2 Å². The summed E-state index contributed by atoms with van der Waals surface area (Å²) in [7, 11) is 0. The van der Waals surface area contributed by atoms with Crippen LogP contribution in [0.2, 0.25) is 0 Å². The van der Waals surface area contributed by atoms with Crippen LogP contribution in [0.15, 0.2) is 12.2 Å². The number of hydrogen-bond acceptors (Lipinski definition) is 5. The lowest BCUT2D eigenvalue weighted by molar-refractivity contribution is -0.117. The molecule has 1 aliphatic heterocycles. The molecule has 3 atom stereocenters. The van der Waals surface area contributed by atoms with Crippen molar-refractivity contribution in [2.75, 3.05) is 46.3 Å². The van der Waals surface area contributed by atoms with Gasteiger partial charge in [0.15, 0.2) is 6.29 Å². The van der Waals surface area contributed by atoms with E-state index in [1.807, 2.05) is 0 Å². The third-order valence-corrected chi connectivity index (χ3v) is 3.69. The van der Waals surface area contributed by atoms with Gasteiger partial charge in [-0.1, -0.05) is 12.2 Å². The van der Waals surface area contributed by atoms with Gasteiger partial charge in [0, 0.05) is 0 Å². The van der Waals surface area contributed by atoms with Crippen LogP contribution in [-0.2, 0) is 23.7 Å². The van der Waals surface area contributed by atoms with Crippen molar-refractivity contribution in [2.45, 2.75) is 44.2 Å². The van der Waals surface area contributed by atoms with Crippen molar-refractivity contribution in [1.82, 2.24) is 0 Å². The van der Waals surface area contributed by atoms with Gasteiger partial charge in [-0.2, -0.15) is 0 Å². The van der Waals surface area contributed by atoms with E-state index in [1.54, 1.807) is 0 Å². The van der Waals surface area contributed by atoms with E-state index in [0.717, 1.165) is 25.7 Å². The van der Waals surface area contributed by atoms with Gasteiger partial charge in [-0.05, 0) is 25.7 Å². The molecule has 1 saturated heterocycles. The van der Waals surface area contributed by atoms with Crippen LogP contribution < -0.4 is 0 Å². The zero-order valence-corrected chi connectivity index (χ0v) is 13.1. The summed E-state index contributed by atoms with van der Waals surface area (Å²) in [5.41, 5.74) is 0. The van der Waals surface area contributed by atoms with Crippen LogP contribution in [0.25, 0.3) is 0 Å². The zero-order chi connectivity index (χ0) is 15.5. The highest BCUT2D eigenvalue weighted by molar-refractivity contribution is 4.90. The molecule has 0 saturated carbocycles. The molecule has 0 aromatic heterocycles. The molecule has 6 heteroatoms. The number of fused-ring (bicyclic) bond motifs is 1. The summed E-state index contributed by atoms with van der Waals surface area (Å²) in [5, 5.41) is 0. The summed E-state index contributed by atoms with van der Waals surface area (Å²) >= 11 is 0. The third kappa shape index (κ3) is 6.71. The standard InChI is InChI=1S/C16H27FO5/c17-7-8-18-9-10-19-11-12-20-13-16-21-14-5-3-1-2-4-6-15(14)22-16/h1-2,14-16H,3-13H2/b2-1+/t14-,15+,16+. The summed E-state index contributed by atoms with van der Waals surface area (Å²) in [5.74, 6) is 0. The van der Waals surface area contributed by atoms with E-state index >= 15 is 0 Å². The molecule has 1 heterocycles. The minimum Gasteiger partial charge on any atom is -0.377 e. The zero-order valence-electron chi connectivity index (χ0n) is 13.1. The Kier molecular flexibility index (Phi) is 8.97. The first-order valence-electron chi connectivity index (χ1n) is 8.15. The molecule has 0 aromatic carbocycles. The Morgan fingerprint density at radius 2 is 1.36 bits per heavy atom. The number of rotatable bonds is 10. The van der Waals surface area contributed by atoms with Crippen LogP contribution in [0.3, 0.4) is 0 Å². The van der Waals surface area contributed by atoms with E-state index in [4.69, 9.17) is 23.7 Å². The minimum atomic E-state index is -0.456. The second kappa shape index (κ2) is 11.1. The fourth-order valence-corrected chi connectivity index (χ4v) is 2.61. The smallest absolute Gasteiger partial charge is 0.181 e. The SMILES string of the molecule is FCCOCCOCCOC[C@@H]1O[C@H]2CC/C=C/CC[C@H]2O1. The Balaban J connectivity index is 1.46. The monoisotopic (exact) mass is 318 g/mol. The van der Waals surface area contributed by atoms with Gasteiger partial charge in [0.05, 0.1) is 51.8 Å². The normalized spacial score (nSPS) is 29.8. The number of ether oxygens (including phenoxy) is 5. The van der Waals surface area contributed by atoms with Gasteiger partial charge in [-0.3, -0.25) is 0 Å². The molecular formula is C16H27FO5. The summed E-state index contributed by atoms with van der Waals surface area (Å²) < 4.78 is 39.3. The summed E-state index contributed by atoms with van der Waals surface area (Å²) in [6.45, 7) is 1.96. The maximum Gasteiger partial charge on any atom is 0.181 e. The highest BCUT2D eigenvalue weighted by atomic mass is 19.1. The van der Waals surface area contributed by atoms with Crippen molar-refractivity contribution in [3.05, 3.63) is 12.2 Å². The maximum atomic E-state index is 11.8. The Bertz CT molecular complexity index is 295. The first-order chi connectivity index (χ1) is 10.9. The van der Waals surface area contributed by atoms with Crippen LogP contribution in [0.4, 0.5) is 4.39 Å². The topological polar surface area (TPSA) is 46.2 Å². The molecule has 22 heavy (non-hydrogen) atoms. The average Bonchev–Trinajstić information content (AvgIpc) is 2.87. The highest BCUT2D eigenvalue weighted by Crippen LogP contribution is 2.28. The lowest BCUT2D eigenvalue weighted by Gasteiger charge is -2.16. The molecule has 0 aromatic rings. The molecule has 128 valence electrons. The lowest BCUT2D eigenvalue weighted by Crippen LogP contribution is -2.22. The molecule has 1 aliphatic carbocycles. The molecule has 0 amide bonds. The third-order valence-electron chi connectivity index (χ3n) is 3.69. The Morgan fingerprint density at radius 3 is 1.95 bits per heavy atom. The van der Waals surface area contributed by atoms with Crippen molar-refractivity contribution >= 4 is 0 Å². The van der Waals surface area contributed by atoms with Crippen molar-refractivity contribution in [1.29, 1.82) is 0 Å². The predicted octanol–water partition coefficient (Wildman–Crippen LogP) is 2.25. The van der Waals surface area contributed by atoms with Crippen LogP contribution in [-0.4, -0.2) is 64.8 Å². The van der Waals surface area contributed by atoms with Crippen LogP contribution in [0, 0.1) is 0 Å². The molecule has 0 bridgehead atoms. The fourth-order valence-electron chi connectivity index (χ4n) is 2.61. The molecule has 0 unspecified atom stereocenters. The fraction of sp³-hybridized carbons (Fsp3) is 0.875. The Labute approximate surface area is 131 Å². The molecule has 1 fully saturated rings. The van der Waals surface area contributed by atoms with Crippen LogP contribution in [0.1, 0.15) is 25.7 Å². The summed E-state index contributed by atoms with van der Waals surface area (Å²) in [6, 6.07) is 0. The van der Waals surface area contributed by atoms with Crippen molar-refractivity contribution in [3.8, 4) is 0 Å². The van der Waals surface area contributed by atoms with Gasteiger partial charge in [-0.25, -0.2) is 4.39 Å². The molecule has 5 nitrogen and oxygen atoms in total. The van der Waals surface area contributed by atoms with Gasteiger partial charge in [0.25, 0.3) is 0 Å². The van der Waals surface area contributed by atoms with E-state index in [-0.39, 0.29) is 25.1 Å². The van der Waals surface area contributed by atoms with Crippen molar-refractivity contribution in [2.24, 2.45) is 0 Å². The van der Waals surface area contributed by atoms with Gasteiger partial charge in [0.1, 0.15) is 6.67 Å². The van der Waals surface area contributed by atoms with Gasteiger partial charge in [-0.15, -0.1) is 0 Å². The highest BCUT2D eigenvalue weighted by Gasteiger charge is 2.35. The average molecular weight is 318 g/mol. The molecule has 2 aliphatic rings. The number of hydrogen-bond donors (Lipinski definition) is 0. The van der Waals surface area contributed by atoms with E-state index in [0.29, 0.717) is 33.0 Å². The minimum absolute atomic E-state index is 0.133. The van der Waals surface area contributed by atoms with Crippen LogP contribution in [0.5, 0.6) is 0 Å². The number of alkyl halides is 1. The van der Waals surface area contributed by atoms with E-state index in [1.165, 1.54) is 0 Å². The first-order valence-corrected chi connectivity index (χ1v) is 8.15. The Hall–Kier alpha value is -0.530. The van der Waals surface area contributed by atoms with Gasteiger partial charge >= 0.3 is 0 Å². The molecule has 2 rings (SSSR count). The van der Waals surface area contributed by atoms with Crippen molar-refractivity contribution in [3.63, 3.8) is 0 Å². The predicted molar refractivity (Wildman–Crippen MR) is 79.6 cm³/mol. The summed E-state index contributed by atoms with van der Waals surface area (Å²) in [6.07, 6.45) is 8.70. The molecule has 0 N–H and O–H groups in total. The molecule has 0 radical (unpaired) electrons. The van der Waals surface area contributed by atoms with E-state index < -0.39 is 6.67 Å². The van der Waals surface area contributed by atoms with Crippen LogP contribution >= 0.6 is 0 Å². The second-order valence-electron chi connectivity index (χ2n) is 5.39. The lowest BCUT2D eigenvalue weighted by atomic mass is 10.0. The largest absolute Gasteiger partial charge is 0.377 e. The number of allylic oxidation sites excluding steroid dienone is 2.